The number of hydrogen-bond donors (Lipinski definition) is 1. The van der Waals surface area contributed by atoms with Gasteiger partial charge < -0.3 is 0 Å². The lowest BCUT2D eigenvalue weighted by atomic mass is 9.57. The Bertz CT molecular complexity index is 759. The maximum absolute atomic E-state index is 13.0. The summed E-state index contributed by atoms with van der Waals surface area (Å²) >= 11 is 0. The van der Waals surface area contributed by atoms with E-state index in [4.69, 9.17) is 0 Å². The predicted molar refractivity (Wildman–Crippen MR) is 101 cm³/mol. The fourth-order valence-corrected chi connectivity index (χ4v) is 9.48. The lowest BCUT2D eigenvalue weighted by Crippen LogP contribution is -2.45. The van der Waals surface area contributed by atoms with Crippen molar-refractivity contribution in [2.75, 3.05) is 0 Å². The average Bonchev–Trinajstić information content (AvgIpc) is 2.96. The van der Waals surface area contributed by atoms with Gasteiger partial charge in [-0.15, -0.1) is 0 Å². The summed E-state index contributed by atoms with van der Waals surface area (Å²) in [5.41, 5.74) is 1.32. The van der Waals surface area contributed by atoms with E-state index < -0.39 is 0 Å². The standard InChI is InChI=1S/C23H35NO2/c1-18(2,3)12-13(17(26)24-16(12)25)19(4,5)21(8)15-14-20(6,7)22(14)9-10-23(15,21)11-22/h12-15H,9-11H2,1-8H3,(H,24,25,26)/t12?,13?,14?,15?,21?,22-,23?/m0/s1. The zero-order valence-electron chi connectivity index (χ0n) is 17.7. The number of imide groups is 1. The molecule has 0 radical (unpaired) electrons. The number of carbonyl (C=O) groups is 2. The Balaban J connectivity index is 1.57. The maximum atomic E-state index is 13.0. The quantitative estimate of drug-likeness (QED) is 0.744. The summed E-state index contributed by atoms with van der Waals surface area (Å²) in [6.45, 7) is 18.4. The lowest BCUT2D eigenvalue weighted by Gasteiger charge is -2.45. The van der Waals surface area contributed by atoms with E-state index >= 15 is 0 Å². The fourth-order valence-electron chi connectivity index (χ4n) is 9.48. The summed E-state index contributed by atoms with van der Waals surface area (Å²) < 4.78 is 0. The molecule has 4 saturated carbocycles. The second-order valence-corrected chi connectivity index (χ2v) is 12.8. The van der Waals surface area contributed by atoms with Crippen LogP contribution in [0, 0.1) is 56.2 Å². The molecule has 1 aliphatic heterocycles. The van der Waals surface area contributed by atoms with Gasteiger partial charge in [0.15, 0.2) is 0 Å². The van der Waals surface area contributed by atoms with Crippen molar-refractivity contribution < 1.29 is 9.59 Å². The highest BCUT2D eigenvalue weighted by Gasteiger charge is 2.98. The smallest absolute Gasteiger partial charge is 0.231 e. The van der Waals surface area contributed by atoms with Gasteiger partial charge in [0.1, 0.15) is 0 Å². The van der Waals surface area contributed by atoms with Gasteiger partial charge in [-0.25, -0.2) is 0 Å². The summed E-state index contributed by atoms with van der Waals surface area (Å²) in [5, 5.41) is 2.69. The first-order chi connectivity index (χ1) is 11.7. The predicted octanol–water partition coefficient (Wildman–Crippen LogP) is 4.41. The van der Waals surface area contributed by atoms with Crippen molar-refractivity contribution in [3.05, 3.63) is 0 Å². The van der Waals surface area contributed by atoms with E-state index in [1.165, 1.54) is 19.3 Å². The third-order valence-corrected chi connectivity index (χ3v) is 10.9. The molecule has 7 atom stereocenters. The third-order valence-electron chi connectivity index (χ3n) is 10.9. The average molecular weight is 358 g/mol. The Kier molecular flexibility index (Phi) is 2.63. The van der Waals surface area contributed by atoms with Crippen LogP contribution in [0.15, 0.2) is 0 Å². The van der Waals surface area contributed by atoms with Gasteiger partial charge in [0, 0.05) is 0 Å². The number of fused-ring (bicyclic) bond motifs is 1. The summed E-state index contributed by atoms with van der Waals surface area (Å²) in [6.07, 6.45) is 4.08. The van der Waals surface area contributed by atoms with Gasteiger partial charge in [-0.05, 0) is 63.6 Å². The topological polar surface area (TPSA) is 46.2 Å². The Labute approximate surface area is 158 Å². The van der Waals surface area contributed by atoms with E-state index in [9.17, 15) is 9.59 Å². The molecular weight excluding hydrogens is 322 g/mol. The van der Waals surface area contributed by atoms with Gasteiger partial charge in [0.2, 0.25) is 11.8 Å². The molecule has 5 aliphatic rings. The number of nitrogens with one attached hydrogen (secondary N) is 1. The highest BCUT2D eigenvalue weighted by Crippen LogP contribution is 3.03. The molecule has 2 bridgehead atoms. The maximum Gasteiger partial charge on any atom is 0.231 e. The van der Waals surface area contributed by atoms with Gasteiger partial charge in [0.05, 0.1) is 11.8 Å². The van der Waals surface area contributed by atoms with Gasteiger partial charge in [-0.3, -0.25) is 14.9 Å². The molecule has 26 heavy (non-hydrogen) atoms. The van der Waals surface area contributed by atoms with E-state index in [1.807, 2.05) is 0 Å². The largest absolute Gasteiger partial charge is 0.296 e. The molecular formula is C23H35NO2. The summed E-state index contributed by atoms with van der Waals surface area (Å²) in [5.74, 6) is 1.07. The van der Waals surface area contributed by atoms with Crippen molar-refractivity contribution in [1.29, 1.82) is 0 Å². The molecule has 0 aromatic heterocycles. The van der Waals surface area contributed by atoms with Gasteiger partial charge in [-0.2, -0.15) is 0 Å². The first-order valence-electron chi connectivity index (χ1n) is 10.5. The molecule has 3 heteroatoms. The monoisotopic (exact) mass is 357 g/mol. The molecule has 5 rings (SSSR count). The van der Waals surface area contributed by atoms with Crippen LogP contribution >= 0.6 is 0 Å². The van der Waals surface area contributed by atoms with Gasteiger partial charge >= 0.3 is 0 Å². The molecule has 144 valence electrons. The van der Waals surface area contributed by atoms with E-state index in [1.54, 1.807) is 0 Å². The number of amides is 2. The summed E-state index contributed by atoms with van der Waals surface area (Å²) in [7, 11) is 0. The van der Waals surface area contributed by atoms with Crippen molar-refractivity contribution >= 4 is 11.8 Å². The van der Waals surface area contributed by atoms with Gasteiger partial charge in [-0.1, -0.05) is 55.4 Å². The zero-order valence-corrected chi connectivity index (χ0v) is 17.7. The number of hydrogen-bond acceptors (Lipinski definition) is 2. The Morgan fingerprint density at radius 3 is 1.92 bits per heavy atom. The number of rotatable bonds is 2. The van der Waals surface area contributed by atoms with Crippen LogP contribution in [0.25, 0.3) is 0 Å². The van der Waals surface area contributed by atoms with Crippen molar-refractivity contribution in [3.63, 3.8) is 0 Å². The molecule has 4 aliphatic carbocycles. The first-order valence-corrected chi connectivity index (χ1v) is 10.5. The highest BCUT2D eigenvalue weighted by molar-refractivity contribution is 6.05. The lowest BCUT2D eigenvalue weighted by molar-refractivity contribution is -0.131. The molecule has 6 unspecified atom stereocenters. The first kappa shape index (κ1) is 17.3. The Hall–Kier alpha value is -0.860. The minimum absolute atomic E-state index is 0.0261. The van der Waals surface area contributed by atoms with Crippen molar-refractivity contribution in [3.8, 4) is 0 Å². The second-order valence-electron chi connectivity index (χ2n) is 12.8. The minimum atomic E-state index is -0.224. The third kappa shape index (κ3) is 1.37. The molecule has 0 aromatic rings. The highest BCUT2D eigenvalue weighted by atomic mass is 16.2. The van der Waals surface area contributed by atoms with Crippen LogP contribution < -0.4 is 5.32 Å². The Morgan fingerprint density at radius 2 is 1.38 bits per heavy atom. The van der Waals surface area contributed by atoms with Crippen molar-refractivity contribution in [1.82, 2.24) is 5.32 Å². The normalized spacial score (nSPS) is 53.4. The van der Waals surface area contributed by atoms with Gasteiger partial charge in [0.25, 0.3) is 0 Å². The fraction of sp³-hybridized carbons (Fsp3) is 0.913. The molecule has 2 amide bonds. The van der Waals surface area contributed by atoms with Crippen LogP contribution in [0.4, 0.5) is 0 Å². The number of carbonyl (C=O) groups excluding carboxylic acids is 2. The van der Waals surface area contributed by atoms with Crippen molar-refractivity contribution in [2.45, 2.75) is 74.7 Å². The van der Waals surface area contributed by atoms with Crippen LogP contribution in [0.5, 0.6) is 0 Å². The second kappa shape index (κ2) is 3.96. The van der Waals surface area contributed by atoms with E-state index in [-0.39, 0.29) is 39.9 Å². The van der Waals surface area contributed by atoms with Crippen LogP contribution in [0.2, 0.25) is 0 Å². The van der Waals surface area contributed by atoms with Crippen LogP contribution in [0.1, 0.15) is 74.7 Å². The summed E-state index contributed by atoms with van der Waals surface area (Å²) in [6, 6.07) is 0. The Morgan fingerprint density at radius 1 is 0.846 bits per heavy atom. The van der Waals surface area contributed by atoms with Crippen LogP contribution in [-0.4, -0.2) is 11.8 Å². The van der Waals surface area contributed by atoms with Crippen molar-refractivity contribution in [2.24, 2.45) is 56.2 Å². The molecule has 0 aromatic carbocycles. The van der Waals surface area contributed by atoms with Crippen LogP contribution in [0.3, 0.4) is 0 Å². The van der Waals surface area contributed by atoms with Crippen LogP contribution in [-0.2, 0) is 9.59 Å². The molecule has 2 spiro atoms. The summed E-state index contributed by atoms with van der Waals surface area (Å²) in [4.78, 5) is 25.7. The zero-order chi connectivity index (χ0) is 19.3. The van der Waals surface area contributed by atoms with E-state index in [0.29, 0.717) is 16.2 Å². The van der Waals surface area contributed by atoms with E-state index in [2.05, 4.69) is 60.7 Å². The molecule has 1 saturated heterocycles. The molecule has 5 fully saturated rings. The molecule has 3 nitrogen and oxygen atoms in total. The molecule has 1 heterocycles. The SMILES string of the molecule is CC(C)(C)C1C(=O)NC(=O)C1C(C)(C)C1(C)C2C3C(C)(C)[C@]34CCC21C4. The minimum Gasteiger partial charge on any atom is -0.296 e. The van der Waals surface area contributed by atoms with E-state index in [0.717, 1.165) is 11.8 Å². The molecule has 1 N–H and O–H groups in total.